The first-order valence-electron chi connectivity index (χ1n) is 12.7. The second kappa shape index (κ2) is 9.50. The molecule has 0 unspecified atom stereocenters. The van der Waals surface area contributed by atoms with Crippen molar-refractivity contribution >= 4 is 28.6 Å². The molecule has 3 aromatic heterocycles. The molecule has 2 fully saturated rings. The van der Waals surface area contributed by atoms with Gasteiger partial charge in [-0.2, -0.15) is 0 Å². The molecule has 1 aliphatic heterocycles. The Morgan fingerprint density at radius 2 is 1.92 bits per heavy atom. The monoisotopic (exact) mass is 521 g/mol. The number of aromatic nitrogens is 3. The number of carbonyl (C=O) groups is 1. The Bertz CT molecular complexity index is 1480. The number of carboxylic acid groups (broad SMARTS) is 1. The minimum Gasteiger partial charge on any atom is -0.490 e. The standard InChI is InChI=1S/C28H28ClN3O5/c1-15-25(16(2)37-31-15)18-10-21-22(14-32(27(21)30-13-18)19-6-8-35-9-7-19)26-23(29)11-17(28(33)34)12-24(26)36-20-4-3-5-20/h10-14,19-20H,3-9H2,1-2H3,(H,33,34). The van der Waals surface area contributed by atoms with Crippen molar-refractivity contribution in [3.05, 3.63) is 52.6 Å². The van der Waals surface area contributed by atoms with Crippen LogP contribution in [0.2, 0.25) is 5.02 Å². The average Bonchev–Trinajstić information content (AvgIpc) is 3.40. The molecule has 6 rings (SSSR count). The van der Waals surface area contributed by atoms with Gasteiger partial charge in [0, 0.05) is 59.3 Å². The van der Waals surface area contributed by atoms with E-state index in [-0.39, 0.29) is 17.7 Å². The fraction of sp³-hybridized carbons (Fsp3) is 0.393. The molecule has 8 nitrogen and oxygen atoms in total. The Hall–Kier alpha value is -3.36. The summed E-state index contributed by atoms with van der Waals surface area (Å²) >= 11 is 6.83. The fourth-order valence-corrected chi connectivity index (χ4v) is 5.64. The molecule has 0 atom stereocenters. The molecule has 0 amide bonds. The lowest BCUT2D eigenvalue weighted by Crippen LogP contribution is -2.25. The van der Waals surface area contributed by atoms with Crippen LogP contribution in [0.3, 0.4) is 0 Å². The number of carboxylic acids is 1. The van der Waals surface area contributed by atoms with Crippen molar-refractivity contribution in [1.82, 2.24) is 14.7 Å². The summed E-state index contributed by atoms with van der Waals surface area (Å²) in [6.07, 6.45) is 8.74. The van der Waals surface area contributed by atoms with Gasteiger partial charge in [0.1, 0.15) is 17.2 Å². The van der Waals surface area contributed by atoms with E-state index < -0.39 is 5.97 Å². The lowest BCUT2D eigenvalue weighted by Gasteiger charge is -2.28. The maximum absolute atomic E-state index is 11.8. The number of fused-ring (bicyclic) bond motifs is 1. The van der Waals surface area contributed by atoms with E-state index in [1.807, 2.05) is 20.0 Å². The minimum absolute atomic E-state index is 0.0543. The van der Waals surface area contributed by atoms with Gasteiger partial charge in [-0.15, -0.1) is 0 Å². The van der Waals surface area contributed by atoms with Crippen molar-refractivity contribution in [3.63, 3.8) is 0 Å². The van der Waals surface area contributed by atoms with Crippen molar-refractivity contribution in [2.75, 3.05) is 13.2 Å². The first kappa shape index (κ1) is 24.0. The van der Waals surface area contributed by atoms with Gasteiger partial charge in [-0.05, 0) is 64.2 Å². The van der Waals surface area contributed by atoms with Gasteiger partial charge < -0.3 is 23.7 Å². The van der Waals surface area contributed by atoms with Crippen molar-refractivity contribution in [1.29, 1.82) is 0 Å². The predicted molar refractivity (Wildman–Crippen MR) is 139 cm³/mol. The summed E-state index contributed by atoms with van der Waals surface area (Å²) in [5, 5.41) is 15.0. The molecule has 4 heterocycles. The van der Waals surface area contributed by atoms with Gasteiger partial charge >= 0.3 is 5.97 Å². The van der Waals surface area contributed by atoms with Crippen LogP contribution in [0.5, 0.6) is 5.75 Å². The summed E-state index contributed by atoms with van der Waals surface area (Å²) in [4.78, 5) is 16.7. The largest absolute Gasteiger partial charge is 0.490 e. The third-order valence-electron chi connectivity index (χ3n) is 7.49. The molecule has 0 radical (unpaired) electrons. The number of nitrogens with zero attached hydrogens (tertiary/aromatic N) is 3. The van der Waals surface area contributed by atoms with Crippen LogP contribution in [0.1, 0.15) is 60.0 Å². The molecular formula is C28H28ClN3O5. The molecular weight excluding hydrogens is 494 g/mol. The Morgan fingerprint density at radius 1 is 1.14 bits per heavy atom. The van der Waals surface area contributed by atoms with Gasteiger partial charge in [0.2, 0.25) is 0 Å². The van der Waals surface area contributed by atoms with E-state index in [2.05, 4.69) is 22.0 Å². The predicted octanol–water partition coefficient (Wildman–Crippen LogP) is 6.61. The Labute approximate surface area is 219 Å². The molecule has 0 bridgehead atoms. The number of aryl methyl sites for hydroxylation is 2. The maximum atomic E-state index is 11.8. The summed E-state index contributed by atoms with van der Waals surface area (Å²) in [7, 11) is 0. The maximum Gasteiger partial charge on any atom is 0.335 e. The van der Waals surface area contributed by atoms with Gasteiger partial charge in [0.15, 0.2) is 0 Å². The van der Waals surface area contributed by atoms with E-state index >= 15 is 0 Å². The number of rotatable bonds is 6. The molecule has 1 aromatic carbocycles. The van der Waals surface area contributed by atoms with Crippen LogP contribution >= 0.6 is 11.6 Å². The molecule has 37 heavy (non-hydrogen) atoms. The molecule has 1 aliphatic carbocycles. The minimum atomic E-state index is -1.04. The highest BCUT2D eigenvalue weighted by Crippen LogP contribution is 2.45. The van der Waals surface area contributed by atoms with E-state index in [9.17, 15) is 9.90 Å². The first-order chi connectivity index (χ1) is 17.9. The van der Waals surface area contributed by atoms with Crippen molar-refractivity contribution in [2.45, 2.75) is 58.1 Å². The second-order valence-electron chi connectivity index (χ2n) is 9.90. The van der Waals surface area contributed by atoms with Gasteiger partial charge in [-0.25, -0.2) is 9.78 Å². The van der Waals surface area contributed by atoms with E-state index in [4.69, 9.17) is 30.6 Å². The molecule has 1 N–H and O–H groups in total. The van der Waals surface area contributed by atoms with E-state index in [0.29, 0.717) is 29.5 Å². The van der Waals surface area contributed by atoms with E-state index in [1.54, 1.807) is 6.07 Å². The lowest BCUT2D eigenvalue weighted by atomic mass is 9.95. The number of aromatic carboxylic acids is 1. The topological polar surface area (TPSA) is 99.6 Å². The smallest absolute Gasteiger partial charge is 0.335 e. The molecule has 9 heteroatoms. The number of benzene rings is 1. The molecule has 1 saturated heterocycles. The molecule has 1 saturated carbocycles. The first-order valence-corrected chi connectivity index (χ1v) is 13.0. The second-order valence-corrected chi connectivity index (χ2v) is 10.3. The van der Waals surface area contributed by atoms with Gasteiger partial charge in [0.05, 0.1) is 22.4 Å². The third-order valence-corrected chi connectivity index (χ3v) is 7.79. The van der Waals surface area contributed by atoms with Crippen LogP contribution in [-0.2, 0) is 4.74 Å². The summed E-state index contributed by atoms with van der Waals surface area (Å²) in [5.41, 5.74) is 5.09. The third kappa shape index (κ3) is 4.28. The number of hydrogen-bond donors (Lipinski definition) is 1. The van der Waals surface area contributed by atoms with Gasteiger partial charge in [0.25, 0.3) is 0 Å². The van der Waals surface area contributed by atoms with Crippen LogP contribution in [0, 0.1) is 13.8 Å². The fourth-order valence-electron chi connectivity index (χ4n) is 5.33. The van der Waals surface area contributed by atoms with Crippen molar-refractivity contribution < 1.29 is 23.9 Å². The zero-order valence-electron chi connectivity index (χ0n) is 20.8. The zero-order chi connectivity index (χ0) is 25.7. The summed E-state index contributed by atoms with van der Waals surface area (Å²) < 4.78 is 19.6. The number of halogens is 1. The summed E-state index contributed by atoms with van der Waals surface area (Å²) in [6.45, 7) is 5.19. The summed E-state index contributed by atoms with van der Waals surface area (Å²) in [6, 6.07) is 5.41. The van der Waals surface area contributed by atoms with E-state index in [1.165, 1.54) is 6.07 Å². The van der Waals surface area contributed by atoms with Crippen LogP contribution in [0.15, 0.2) is 35.1 Å². The Morgan fingerprint density at radius 3 is 2.57 bits per heavy atom. The Kier molecular flexibility index (Phi) is 6.16. The Balaban J connectivity index is 1.59. The highest BCUT2D eigenvalue weighted by Gasteiger charge is 2.27. The van der Waals surface area contributed by atoms with Gasteiger partial charge in [-0.1, -0.05) is 16.8 Å². The molecule has 0 spiro atoms. The lowest BCUT2D eigenvalue weighted by molar-refractivity contribution is 0.0694. The number of pyridine rings is 1. The molecule has 2 aliphatic rings. The average molecular weight is 522 g/mol. The van der Waals surface area contributed by atoms with Gasteiger partial charge in [-0.3, -0.25) is 0 Å². The van der Waals surface area contributed by atoms with Crippen LogP contribution in [0.25, 0.3) is 33.3 Å². The zero-order valence-corrected chi connectivity index (χ0v) is 21.5. The summed E-state index contributed by atoms with van der Waals surface area (Å²) in [5.74, 6) is 0.171. The quantitative estimate of drug-likeness (QED) is 0.304. The molecule has 4 aromatic rings. The number of ether oxygens (including phenoxy) is 2. The van der Waals surface area contributed by atoms with Crippen molar-refractivity contribution in [2.24, 2.45) is 0 Å². The van der Waals surface area contributed by atoms with Crippen LogP contribution in [0.4, 0.5) is 0 Å². The highest BCUT2D eigenvalue weighted by atomic mass is 35.5. The highest BCUT2D eigenvalue weighted by molar-refractivity contribution is 6.34. The van der Waals surface area contributed by atoms with E-state index in [0.717, 1.165) is 71.3 Å². The SMILES string of the molecule is Cc1noc(C)c1-c1cnc2c(c1)c(-c1c(Cl)cc(C(=O)O)cc1OC1CCC1)cn2C1CCOCC1. The van der Waals surface area contributed by atoms with Crippen LogP contribution < -0.4 is 4.74 Å². The normalized spacial score (nSPS) is 16.7. The van der Waals surface area contributed by atoms with Crippen molar-refractivity contribution in [3.8, 4) is 28.0 Å². The molecule has 192 valence electrons. The van der Waals surface area contributed by atoms with Crippen LogP contribution in [-0.4, -0.2) is 45.1 Å². The number of hydrogen-bond acceptors (Lipinski definition) is 6.